The first-order valence-corrected chi connectivity index (χ1v) is 11.2. The van der Waals surface area contributed by atoms with Gasteiger partial charge in [-0.3, -0.25) is 8.75 Å². The molecule has 0 heterocycles. The highest BCUT2D eigenvalue weighted by Gasteiger charge is 2.34. The van der Waals surface area contributed by atoms with E-state index in [1.54, 1.807) is 13.8 Å². The SMILES string of the molecule is CCP(=O)(COS(=O)(=O)c1ccc(F)cc1SC(F)(F)F)OC(C)C. The van der Waals surface area contributed by atoms with E-state index in [9.17, 15) is 30.5 Å². The summed E-state index contributed by atoms with van der Waals surface area (Å²) < 4.78 is 97.5. The number of rotatable bonds is 8. The minimum Gasteiger partial charge on any atom is -0.324 e. The highest BCUT2D eigenvalue weighted by molar-refractivity contribution is 8.00. The maximum Gasteiger partial charge on any atom is 0.446 e. The van der Waals surface area contributed by atoms with Gasteiger partial charge >= 0.3 is 5.51 Å². The maximum atomic E-state index is 13.2. The van der Waals surface area contributed by atoms with Crippen LogP contribution in [0.3, 0.4) is 0 Å². The molecule has 12 heteroatoms. The summed E-state index contributed by atoms with van der Waals surface area (Å²) in [6.45, 7) is 4.69. The van der Waals surface area contributed by atoms with Crippen LogP contribution in [-0.4, -0.2) is 32.5 Å². The molecule has 0 spiro atoms. The first-order chi connectivity index (χ1) is 11.3. The molecule has 144 valence electrons. The molecule has 0 aromatic heterocycles. The van der Waals surface area contributed by atoms with Crippen LogP contribution in [0.15, 0.2) is 28.0 Å². The molecule has 0 amide bonds. The van der Waals surface area contributed by atoms with Crippen LogP contribution in [-0.2, 0) is 23.4 Å². The van der Waals surface area contributed by atoms with Gasteiger partial charge in [-0.1, -0.05) is 6.92 Å². The van der Waals surface area contributed by atoms with Gasteiger partial charge in [-0.15, -0.1) is 0 Å². The van der Waals surface area contributed by atoms with Crippen LogP contribution in [0.2, 0.25) is 0 Å². The largest absolute Gasteiger partial charge is 0.446 e. The zero-order chi connectivity index (χ0) is 19.5. The van der Waals surface area contributed by atoms with Crippen LogP contribution in [0.25, 0.3) is 0 Å². The Kier molecular flexibility index (Phi) is 7.53. The molecule has 1 rings (SSSR count). The second kappa shape index (κ2) is 8.39. The van der Waals surface area contributed by atoms with Gasteiger partial charge in [0.25, 0.3) is 10.1 Å². The average Bonchev–Trinajstić information content (AvgIpc) is 2.42. The van der Waals surface area contributed by atoms with Gasteiger partial charge in [0.1, 0.15) is 17.1 Å². The van der Waals surface area contributed by atoms with Crippen molar-refractivity contribution in [3.05, 3.63) is 24.0 Å². The summed E-state index contributed by atoms with van der Waals surface area (Å²) >= 11 is -0.781. The van der Waals surface area contributed by atoms with E-state index in [-0.39, 0.29) is 6.16 Å². The summed E-state index contributed by atoms with van der Waals surface area (Å²) in [5, 5.41) is 0. The molecule has 0 bridgehead atoms. The summed E-state index contributed by atoms with van der Waals surface area (Å²) in [4.78, 5) is -1.73. The van der Waals surface area contributed by atoms with Crippen molar-refractivity contribution in [3.63, 3.8) is 0 Å². The van der Waals surface area contributed by atoms with Gasteiger partial charge in [-0.2, -0.15) is 21.6 Å². The third kappa shape index (κ3) is 7.26. The van der Waals surface area contributed by atoms with Crippen molar-refractivity contribution in [3.8, 4) is 0 Å². The van der Waals surface area contributed by atoms with Gasteiger partial charge in [0.05, 0.1) is 6.10 Å². The summed E-state index contributed by atoms with van der Waals surface area (Å²) in [6, 6.07) is 1.80. The fraction of sp³-hybridized carbons (Fsp3) is 0.538. The molecule has 1 unspecified atom stereocenters. The van der Waals surface area contributed by atoms with Gasteiger partial charge in [0.2, 0.25) is 7.37 Å². The second-order valence-corrected chi connectivity index (χ2v) is 10.5. The third-order valence-electron chi connectivity index (χ3n) is 2.69. The van der Waals surface area contributed by atoms with Crippen LogP contribution < -0.4 is 0 Å². The molecule has 25 heavy (non-hydrogen) atoms. The van der Waals surface area contributed by atoms with Crippen LogP contribution in [0.4, 0.5) is 17.6 Å². The fourth-order valence-electron chi connectivity index (χ4n) is 1.69. The van der Waals surface area contributed by atoms with E-state index in [0.717, 1.165) is 0 Å². The number of hydrogen-bond acceptors (Lipinski definition) is 6. The van der Waals surface area contributed by atoms with Gasteiger partial charge < -0.3 is 4.52 Å². The average molecular weight is 424 g/mol. The van der Waals surface area contributed by atoms with Crippen LogP contribution in [0.1, 0.15) is 20.8 Å². The quantitative estimate of drug-likeness (QED) is 0.258. The Balaban J connectivity index is 3.12. The highest BCUT2D eigenvalue weighted by atomic mass is 32.2. The van der Waals surface area contributed by atoms with E-state index in [1.165, 1.54) is 6.92 Å². The zero-order valence-corrected chi connectivity index (χ0v) is 16.1. The maximum absolute atomic E-state index is 13.2. The first kappa shape index (κ1) is 22.4. The van der Waals surface area contributed by atoms with E-state index >= 15 is 0 Å². The smallest absolute Gasteiger partial charge is 0.324 e. The molecule has 0 saturated carbocycles. The first-order valence-electron chi connectivity index (χ1n) is 6.99. The van der Waals surface area contributed by atoms with E-state index < -0.39 is 62.8 Å². The van der Waals surface area contributed by atoms with Crippen molar-refractivity contribution in [2.75, 3.05) is 12.5 Å². The molecule has 5 nitrogen and oxygen atoms in total. The van der Waals surface area contributed by atoms with Crippen LogP contribution in [0.5, 0.6) is 0 Å². The molecule has 1 atom stereocenters. The minimum atomic E-state index is -4.82. The molecular weight excluding hydrogens is 407 g/mol. The molecule has 1 aromatic rings. The number of hydrogen-bond donors (Lipinski definition) is 0. The van der Waals surface area contributed by atoms with E-state index in [1.807, 2.05) is 0 Å². The minimum absolute atomic E-state index is 0.0196. The summed E-state index contributed by atoms with van der Waals surface area (Å²) in [7, 11) is -8.14. The summed E-state index contributed by atoms with van der Waals surface area (Å²) in [5.74, 6) is -1.03. The molecule has 0 aliphatic carbocycles. The van der Waals surface area contributed by atoms with Crippen molar-refractivity contribution in [2.45, 2.75) is 42.2 Å². The number of thioether (sulfide) groups is 1. The zero-order valence-electron chi connectivity index (χ0n) is 13.5. The van der Waals surface area contributed by atoms with Gasteiger partial charge in [-0.05, 0) is 43.8 Å². The monoisotopic (exact) mass is 424 g/mol. The molecular formula is C13H17F4O5PS2. The van der Waals surface area contributed by atoms with E-state index in [4.69, 9.17) is 4.52 Å². The second-order valence-electron chi connectivity index (χ2n) is 5.12. The predicted molar refractivity (Wildman–Crippen MR) is 85.8 cm³/mol. The fourth-order valence-corrected chi connectivity index (χ4v) is 5.73. The van der Waals surface area contributed by atoms with Crippen molar-refractivity contribution >= 4 is 29.2 Å². The van der Waals surface area contributed by atoms with Crippen LogP contribution in [0, 0.1) is 5.82 Å². The Hall–Kier alpha value is -0.610. The summed E-state index contributed by atoms with van der Waals surface area (Å²) in [5.41, 5.74) is -4.82. The van der Waals surface area contributed by atoms with Crippen molar-refractivity contribution < 1.29 is 39.3 Å². The standard InChI is InChI=1S/C13H17F4O5PS2/c1-4-23(18,22-9(2)3)8-21-25(19,20)12-6-5-10(14)7-11(12)24-13(15,16)17/h5-7,9H,4,8H2,1-3H3. The number of benzene rings is 1. The molecule has 0 saturated heterocycles. The molecule has 0 aliphatic heterocycles. The normalized spacial score (nSPS) is 15.4. The number of alkyl halides is 3. The molecule has 1 aromatic carbocycles. The Morgan fingerprint density at radius 1 is 1.28 bits per heavy atom. The third-order valence-corrected chi connectivity index (χ3v) is 7.40. The summed E-state index contributed by atoms with van der Waals surface area (Å²) in [6.07, 6.45) is -1.30. The van der Waals surface area contributed by atoms with E-state index in [2.05, 4.69) is 4.18 Å². The van der Waals surface area contributed by atoms with Gasteiger partial charge in [0.15, 0.2) is 0 Å². The lowest BCUT2D eigenvalue weighted by atomic mass is 10.3. The predicted octanol–water partition coefficient (Wildman–Crippen LogP) is 4.82. The lowest BCUT2D eigenvalue weighted by Gasteiger charge is -2.19. The van der Waals surface area contributed by atoms with Crippen molar-refractivity contribution in [1.29, 1.82) is 0 Å². The van der Waals surface area contributed by atoms with Gasteiger partial charge in [0, 0.05) is 11.1 Å². The Bertz CT molecular complexity index is 749. The topological polar surface area (TPSA) is 69.7 Å². The van der Waals surface area contributed by atoms with Gasteiger partial charge in [-0.25, -0.2) is 4.39 Å². The van der Waals surface area contributed by atoms with Crippen molar-refractivity contribution in [2.24, 2.45) is 0 Å². The highest BCUT2D eigenvalue weighted by Crippen LogP contribution is 2.48. The molecule has 0 radical (unpaired) electrons. The van der Waals surface area contributed by atoms with Crippen molar-refractivity contribution in [1.82, 2.24) is 0 Å². The lowest BCUT2D eigenvalue weighted by Crippen LogP contribution is -2.13. The Morgan fingerprint density at radius 2 is 1.88 bits per heavy atom. The van der Waals surface area contributed by atoms with E-state index in [0.29, 0.717) is 18.2 Å². The Labute approximate surface area is 147 Å². The molecule has 0 fully saturated rings. The molecule has 0 aliphatic rings. The number of halogens is 4. The molecule has 0 N–H and O–H groups in total. The van der Waals surface area contributed by atoms with Crippen LogP contribution >= 0.6 is 19.1 Å². The Morgan fingerprint density at radius 3 is 2.36 bits per heavy atom. The lowest BCUT2D eigenvalue weighted by molar-refractivity contribution is -0.0329.